The summed E-state index contributed by atoms with van der Waals surface area (Å²) in [6, 6.07) is 13.6. The van der Waals surface area contributed by atoms with Crippen LogP contribution in [0.3, 0.4) is 0 Å². The van der Waals surface area contributed by atoms with E-state index in [0.29, 0.717) is 0 Å². The van der Waals surface area contributed by atoms with Crippen LogP contribution in [0.4, 0.5) is 0 Å². The molecule has 0 aromatic heterocycles. The quantitative estimate of drug-likeness (QED) is 0.400. The summed E-state index contributed by atoms with van der Waals surface area (Å²) in [5.74, 6) is 1.62. The van der Waals surface area contributed by atoms with Gasteiger partial charge in [-0.3, -0.25) is 0 Å². The Morgan fingerprint density at radius 1 is 1.00 bits per heavy atom. The van der Waals surface area contributed by atoms with Gasteiger partial charge < -0.3 is 31.2 Å². The molecule has 2 aliphatic carbocycles. The molecule has 0 N–H and O–H groups in total. The molecule has 0 radical (unpaired) electrons. The minimum absolute atomic E-state index is 0. The van der Waals surface area contributed by atoms with Gasteiger partial charge in [-0.1, -0.05) is 66.3 Å². The SMILES string of the molecule is C1=CC2[CH-]CCC2C=C1.CCC(C)P(c1cc2ccccc2[cH-]1)C(C)CC.[Cl-].[Cl-].[Zr+4]. The van der Waals surface area contributed by atoms with Crippen LogP contribution in [-0.2, 0) is 26.2 Å². The molecule has 4 atom stereocenters. The molecular formula is C26H35Cl2PZr. The number of fused-ring (bicyclic) bond motifs is 2. The van der Waals surface area contributed by atoms with Gasteiger partial charge >= 0.3 is 26.2 Å². The number of hydrogen-bond acceptors (Lipinski definition) is 0. The molecule has 0 heterocycles. The maximum absolute atomic E-state index is 2.43. The Balaban J connectivity index is 0.000000597. The summed E-state index contributed by atoms with van der Waals surface area (Å²) in [5.41, 5.74) is 1.65. The minimum atomic E-state index is -0.0252. The van der Waals surface area contributed by atoms with Crippen LogP contribution in [0.5, 0.6) is 0 Å². The summed E-state index contributed by atoms with van der Waals surface area (Å²) in [7, 11) is -0.0252. The molecule has 0 amide bonds. The minimum Gasteiger partial charge on any atom is -1.00 e. The van der Waals surface area contributed by atoms with E-state index in [4.69, 9.17) is 0 Å². The summed E-state index contributed by atoms with van der Waals surface area (Å²) < 4.78 is 0. The van der Waals surface area contributed by atoms with Gasteiger partial charge in [0.15, 0.2) is 0 Å². The van der Waals surface area contributed by atoms with Crippen molar-refractivity contribution in [3.05, 3.63) is 67.1 Å². The van der Waals surface area contributed by atoms with Crippen LogP contribution >= 0.6 is 7.92 Å². The molecule has 4 heteroatoms. The molecule has 2 aromatic carbocycles. The summed E-state index contributed by atoms with van der Waals surface area (Å²) >= 11 is 0. The smallest absolute Gasteiger partial charge is 1.00 e. The van der Waals surface area contributed by atoms with E-state index in [2.05, 4.69) is 94.8 Å². The first-order valence-corrected chi connectivity index (χ1v) is 12.2. The molecule has 0 bridgehead atoms. The van der Waals surface area contributed by atoms with E-state index in [9.17, 15) is 0 Å². The zero-order valence-electron chi connectivity index (χ0n) is 18.7. The van der Waals surface area contributed by atoms with Gasteiger partial charge in [0.2, 0.25) is 0 Å². The maximum Gasteiger partial charge on any atom is 4.00 e. The number of hydrogen-bond donors (Lipinski definition) is 0. The largest absolute Gasteiger partial charge is 4.00 e. The molecule has 162 valence electrons. The van der Waals surface area contributed by atoms with Crippen molar-refractivity contribution in [2.24, 2.45) is 11.8 Å². The van der Waals surface area contributed by atoms with Crippen molar-refractivity contribution >= 4 is 24.0 Å². The van der Waals surface area contributed by atoms with Gasteiger partial charge in [-0.15, -0.1) is 52.3 Å². The molecule has 0 saturated heterocycles. The second kappa shape index (κ2) is 15.1. The summed E-state index contributed by atoms with van der Waals surface area (Å²) in [6.45, 7) is 9.50. The van der Waals surface area contributed by atoms with E-state index < -0.39 is 0 Å². The van der Waals surface area contributed by atoms with E-state index in [-0.39, 0.29) is 58.9 Å². The van der Waals surface area contributed by atoms with Crippen molar-refractivity contribution in [3.8, 4) is 0 Å². The number of rotatable bonds is 5. The Morgan fingerprint density at radius 2 is 1.63 bits per heavy atom. The molecule has 0 spiro atoms. The molecule has 2 aromatic rings. The van der Waals surface area contributed by atoms with Gasteiger partial charge in [0.1, 0.15) is 0 Å². The van der Waals surface area contributed by atoms with Crippen LogP contribution < -0.4 is 30.1 Å². The second-order valence-corrected chi connectivity index (χ2v) is 11.2. The Hall–Kier alpha value is 0.203. The third kappa shape index (κ3) is 7.66. The standard InChI is InChI=1S/C17H24P.C9H11.2ClH.Zr/c1-5-13(3)18(14(4)6-2)17-11-15-9-7-8-10-16(15)12-17;1-2-5-9-7-3-6-8(9)4-1;;;/h7-14H,5-6H2,1-4H3;1-2,4-6,8-9H,3,7H2;2*1H;/q2*-1;;;+4/p-2. The van der Waals surface area contributed by atoms with Crippen LogP contribution in [0.2, 0.25) is 0 Å². The first-order chi connectivity index (χ1) is 13.1. The van der Waals surface area contributed by atoms with Crippen LogP contribution in [0.25, 0.3) is 10.8 Å². The molecule has 1 fully saturated rings. The molecule has 0 nitrogen and oxygen atoms in total. The second-order valence-electron chi connectivity index (χ2n) is 8.09. The van der Waals surface area contributed by atoms with Gasteiger partial charge in [-0.05, 0) is 30.1 Å². The predicted octanol–water partition coefficient (Wildman–Crippen LogP) is 1.61. The van der Waals surface area contributed by atoms with Crippen LogP contribution in [0.15, 0.2) is 60.7 Å². The fourth-order valence-electron chi connectivity index (χ4n) is 4.31. The van der Waals surface area contributed by atoms with Gasteiger partial charge in [0, 0.05) is 0 Å². The first kappa shape index (κ1) is 30.2. The molecule has 4 rings (SSSR count). The van der Waals surface area contributed by atoms with E-state index in [1.807, 2.05) is 0 Å². The van der Waals surface area contributed by atoms with Gasteiger partial charge in [0.25, 0.3) is 0 Å². The Bertz CT molecular complexity index is 721. The summed E-state index contributed by atoms with van der Waals surface area (Å²) in [5, 5.41) is 4.42. The number of halogens is 2. The van der Waals surface area contributed by atoms with Crippen LogP contribution in [-0.4, -0.2) is 11.3 Å². The number of allylic oxidation sites excluding steroid dienone is 4. The fraction of sp³-hybridized carbons (Fsp3) is 0.462. The number of benzene rings is 1. The molecule has 30 heavy (non-hydrogen) atoms. The van der Waals surface area contributed by atoms with Crippen molar-refractivity contribution in [2.75, 3.05) is 0 Å². The van der Waals surface area contributed by atoms with Crippen molar-refractivity contribution < 1.29 is 51.0 Å². The van der Waals surface area contributed by atoms with Crippen molar-refractivity contribution in [1.29, 1.82) is 0 Å². The van der Waals surface area contributed by atoms with Gasteiger partial charge in [0.05, 0.1) is 0 Å². The Labute approximate surface area is 217 Å². The third-order valence-electron chi connectivity index (χ3n) is 6.27. The van der Waals surface area contributed by atoms with Crippen molar-refractivity contribution in [3.63, 3.8) is 0 Å². The Morgan fingerprint density at radius 3 is 2.23 bits per heavy atom. The molecule has 2 aliphatic rings. The Kier molecular flexibility index (Phi) is 15.2. The van der Waals surface area contributed by atoms with Crippen molar-refractivity contribution in [1.82, 2.24) is 0 Å². The van der Waals surface area contributed by atoms with E-state index in [1.165, 1.54) is 36.5 Å². The topological polar surface area (TPSA) is 0 Å². The first-order valence-electron chi connectivity index (χ1n) is 10.8. The van der Waals surface area contributed by atoms with Gasteiger partial charge in [-0.25, -0.2) is 0 Å². The zero-order chi connectivity index (χ0) is 19.2. The molecule has 0 aliphatic heterocycles. The molecule has 4 unspecified atom stereocenters. The van der Waals surface area contributed by atoms with E-state index in [1.54, 1.807) is 5.30 Å². The zero-order valence-corrected chi connectivity index (χ0v) is 23.6. The predicted molar refractivity (Wildman–Crippen MR) is 124 cm³/mol. The summed E-state index contributed by atoms with van der Waals surface area (Å²) in [4.78, 5) is 0. The monoisotopic (exact) mass is 538 g/mol. The summed E-state index contributed by atoms with van der Waals surface area (Å²) in [6.07, 6.45) is 16.6. The maximum atomic E-state index is 2.43. The normalized spacial score (nSPS) is 21.7. The average molecular weight is 541 g/mol. The van der Waals surface area contributed by atoms with E-state index in [0.717, 1.165) is 23.2 Å². The fourth-order valence-corrected chi connectivity index (χ4v) is 7.56. The van der Waals surface area contributed by atoms with Crippen LogP contribution in [0, 0.1) is 18.3 Å². The average Bonchev–Trinajstić information content (AvgIpc) is 3.34. The van der Waals surface area contributed by atoms with Gasteiger partial charge in [-0.2, -0.15) is 12.5 Å². The van der Waals surface area contributed by atoms with Crippen LogP contribution in [0.1, 0.15) is 53.4 Å². The molecular weight excluding hydrogens is 505 g/mol. The third-order valence-corrected chi connectivity index (χ3v) is 9.75. The van der Waals surface area contributed by atoms with Crippen molar-refractivity contribution in [2.45, 2.75) is 64.7 Å². The molecule has 1 saturated carbocycles. The van der Waals surface area contributed by atoms with E-state index >= 15 is 0 Å².